The van der Waals surface area contributed by atoms with E-state index in [0.717, 1.165) is 5.56 Å². The Kier molecular flexibility index (Phi) is 9.19. The van der Waals surface area contributed by atoms with E-state index in [9.17, 15) is 14.4 Å². The van der Waals surface area contributed by atoms with Crippen molar-refractivity contribution in [3.05, 3.63) is 35.9 Å². The van der Waals surface area contributed by atoms with Crippen molar-refractivity contribution in [2.75, 3.05) is 7.11 Å². The van der Waals surface area contributed by atoms with Crippen LogP contribution in [0, 0.1) is 5.92 Å². The van der Waals surface area contributed by atoms with Gasteiger partial charge in [-0.3, -0.25) is 4.79 Å². The molecule has 0 unspecified atom stereocenters. The first-order valence-electron chi connectivity index (χ1n) is 8.74. The van der Waals surface area contributed by atoms with Gasteiger partial charge in [0.05, 0.1) is 7.11 Å². The molecule has 0 aliphatic heterocycles. The highest BCUT2D eigenvalue weighted by molar-refractivity contribution is 5.89. The first kappa shape index (κ1) is 21.5. The Labute approximate surface area is 154 Å². The van der Waals surface area contributed by atoms with Crippen LogP contribution in [-0.2, 0) is 25.7 Å². The van der Waals surface area contributed by atoms with Crippen LogP contribution < -0.4 is 10.6 Å². The van der Waals surface area contributed by atoms with Crippen LogP contribution in [0.25, 0.3) is 0 Å². The summed E-state index contributed by atoms with van der Waals surface area (Å²) in [6, 6.07) is 7.70. The Hall–Kier alpha value is -2.57. The Morgan fingerprint density at radius 1 is 1.08 bits per heavy atom. The van der Waals surface area contributed by atoms with Crippen molar-refractivity contribution in [2.45, 2.75) is 52.3 Å². The van der Waals surface area contributed by atoms with Gasteiger partial charge < -0.3 is 20.1 Å². The van der Waals surface area contributed by atoms with Crippen LogP contribution in [0.15, 0.2) is 30.3 Å². The smallest absolute Gasteiger partial charge is 0.408 e. The average molecular weight is 364 g/mol. The van der Waals surface area contributed by atoms with E-state index in [1.54, 1.807) is 13.8 Å². The fourth-order valence-corrected chi connectivity index (χ4v) is 2.34. The summed E-state index contributed by atoms with van der Waals surface area (Å²) in [7, 11) is 1.27. The van der Waals surface area contributed by atoms with Crippen molar-refractivity contribution in [1.82, 2.24) is 10.6 Å². The zero-order valence-electron chi connectivity index (χ0n) is 15.8. The van der Waals surface area contributed by atoms with Gasteiger partial charge in [0, 0.05) is 0 Å². The molecule has 1 rings (SSSR count). The second-order valence-corrected chi connectivity index (χ2v) is 6.30. The topological polar surface area (TPSA) is 93.7 Å². The lowest BCUT2D eigenvalue weighted by Gasteiger charge is -2.23. The van der Waals surface area contributed by atoms with E-state index >= 15 is 0 Å². The SMILES string of the molecule is CCC[C@@H](NC(=O)OCc1ccccc1)C(=O)N[C@@H](C(=O)OC)C(C)C. The predicted molar refractivity (Wildman–Crippen MR) is 97.2 cm³/mol. The fraction of sp³-hybridized carbons (Fsp3) is 0.526. The number of amides is 2. The van der Waals surface area contributed by atoms with Gasteiger partial charge in [0.15, 0.2) is 0 Å². The molecule has 2 amide bonds. The Morgan fingerprint density at radius 3 is 2.27 bits per heavy atom. The molecule has 1 aromatic carbocycles. The van der Waals surface area contributed by atoms with Crippen molar-refractivity contribution in [1.29, 1.82) is 0 Å². The molecule has 0 saturated carbocycles. The Balaban J connectivity index is 2.63. The summed E-state index contributed by atoms with van der Waals surface area (Å²) in [5.74, 6) is -1.10. The van der Waals surface area contributed by atoms with Crippen LogP contribution in [0.2, 0.25) is 0 Å². The molecule has 0 aliphatic carbocycles. The van der Waals surface area contributed by atoms with Crippen LogP contribution in [0.3, 0.4) is 0 Å². The maximum Gasteiger partial charge on any atom is 0.408 e. The van der Waals surface area contributed by atoms with E-state index in [2.05, 4.69) is 10.6 Å². The van der Waals surface area contributed by atoms with Crippen LogP contribution in [0.5, 0.6) is 0 Å². The summed E-state index contributed by atoms with van der Waals surface area (Å²) >= 11 is 0. The maximum absolute atomic E-state index is 12.5. The van der Waals surface area contributed by atoms with E-state index in [1.807, 2.05) is 37.3 Å². The maximum atomic E-state index is 12.5. The van der Waals surface area contributed by atoms with Gasteiger partial charge >= 0.3 is 12.1 Å². The standard InChI is InChI=1S/C19H28N2O5/c1-5-9-15(17(22)21-16(13(2)3)18(23)25-4)20-19(24)26-12-14-10-7-6-8-11-14/h6-8,10-11,13,15-16H,5,9,12H2,1-4H3,(H,20,24)(H,21,22)/t15-,16-/m1/s1. The lowest BCUT2D eigenvalue weighted by atomic mass is 10.0. The molecule has 2 N–H and O–H groups in total. The second kappa shape index (κ2) is 11.1. The number of alkyl carbamates (subject to hydrolysis) is 1. The van der Waals surface area contributed by atoms with E-state index < -0.39 is 30.1 Å². The van der Waals surface area contributed by atoms with Crippen molar-refractivity contribution in [3.8, 4) is 0 Å². The lowest BCUT2D eigenvalue weighted by molar-refractivity contribution is -0.146. The summed E-state index contributed by atoms with van der Waals surface area (Å²) in [4.78, 5) is 36.3. The lowest BCUT2D eigenvalue weighted by Crippen LogP contribution is -2.53. The first-order valence-corrected chi connectivity index (χ1v) is 8.74. The van der Waals surface area contributed by atoms with Gasteiger partial charge in [-0.05, 0) is 17.9 Å². The minimum atomic E-state index is -0.783. The number of nitrogens with one attached hydrogen (secondary N) is 2. The molecule has 0 spiro atoms. The highest BCUT2D eigenvalue weighted by Crippen LogP contribution is 2.07. The van der Waals surface area contributed by atoms with Gasteiger partial charge in [-0.15, -0.1) is 0 Å². The summed E-state index contributed by atoms with van der Waals surface area (Å²) in [5.41, 5.74) is 0.852. The summed E-state index contributed by atoms with van der Waals surface area (Å²) < 4.78 is 9.87. The number of ether oxygens (including phenoxy) is 2. The van der Waals surface area contributed by atoms with Crippen molar-refractivity contribution >= 4 is 18.0 Å². The number of hydrogen-bond acceptors (Lipinski definition) is 5. The largest absolute Gasteiger partial charge is 0.467 e. The minimum absolute atomic E-state index is 0.115. The van der Waals surface area contributed by atoms with E-state index in [1.165, 1.54) is 7.11 Å². The number of carbonyl (C=O) groups is 3. The molecule has 7 nitrogen and oxygen atoms in total. The fourth-order valence-electron chi connectivity index (χ4n) is 2.34. The quantitative estimate of drug-likeness (QED) is 0.656. The molecule has 26 heavy (non-hydrogen) atoms. The monoisotopic (exact) mass is 364 g/mol. The van der Waals surface area contributed by atoms with Crippen molar-refractivity contribution in [3.63, 3.8) is 0 Å². The van der Waals surface area contributed by atoms with Crippen LogP contribution >= 0.6 is 0 Å². The third-order valence-electron chi connectivity index (χ3n) is 3.82. The Morgan fingerprint density at radius 2 is 1.73 bits per heavy atom. The molecule has 1 aromatic rings. The van der Waals surface area contributed by atoms with Crippen LogP contribution in [0.1, 0.15) is 39.2 Å². The van der Waals surface area contributed by atoms with Gasteiger partial charge in [0.1, 0.15) is 18.7 Å². The average Bonchev–Trinajstić information content (AvgIpc) is 2.63. The third kappa shape index (κ3) is 7.13. The van der Waals surface area contributed by atoms with Crippen LogP contribution in [-0.4, -0.2) is 37.2 Å². The highest BCUT2D eigenvalue weighted by Gasteiger charge is 2.29. The number of esters is 1. The van der Waals surface area contributed by atoms with Crippen LogP contribution in [0.4, 0.5) is 4.79 Å². The van der Waals surface area contributed by atoms with Gasteiger partial charge in [-0.1, -0.05) is 57.5 Å². The zero-order chi connectivity index (χ0) is 19.5. The van der Waals surface area contributed by atoms with Gasteiger partial charge in [-0.2, -0.15) is 0 Å². The normalized spacial score (nSPS) is 12.8. The van der Waals surface area contributed by atoms with Crippen molar-refractivity contribution < 1.29 is 23.9 Å². The van der Waals surface area contributed by atoms with Gasteiger partial charge in [0.2, 0.25) is 5.91 Å². The molecular weight excluding hydrogens is 336 g/mol. The number of benzene rings is 1. The Bertz CT molecular complexity index is 589. The molecule has 2 atom stereocenters. The molecule has 0 radical (unpaired) electrons. The van der Waals surface area contributed by atoms with Crippen molar-refractivity contribution in [2.24, 2.45) is 5.92 Å². The van der Waals surface area contributed by atoms with E-state index in [4.69, 9.17) is 9.47 Å². The van der Waals surface area contributed by atoms with Gasteiger partial charge in [-0.25, -0.2) is 9.59 Å². The predicted octanol–water partition coefficient (Wildman–Crippen LogP) is 2.40. The molecule has 0 saturated heterocycles. The number of rotatable bonds is 9. The molecular formula is C19H28N2O5. The summed E-state index contributed by atoms with van der Waals surface area (Å²) in [6.07, 6.45) is 0.432. The van der Waals surface area contributed by atoms with E-state index in [-0.39, 0.29) is 12.5 Å². The molecule has 0 bridgehead atoms. The molecule has 144 valence electrons. The first-order chi connectivity index (χ1) is 12.4. The molecule has 0 heterocycles. The number of carbonyl (C=O) groups excluding carboxylic acids is 3. The summed E-state index contributed by atoms with van der Waals surface area (Å²) in [6.45, 7) is 5.62. The van der Waals surface area contributed by atoms with Gasteiger partial charge in [0.25, 0.3) is 0 Å². The zero-order valence-corrected chi connectivity index (χ0v) is 15.8. The minimum Gasteiger partial charge on any atom is -0.467 e. The molecule has 0 fully saturated rings. The second-order valence-electron chi connectivity index (χ2n) is 6.30. The number of hydrogen-bond donors (Lipinski definition) is 2. The molecule has 0 aliphatic rings. The summed E-state index contributed by atoms with van der Waals surface area (Å²) in [5, 5.41) is 5.21. The molecule has 0 aromatic heterocycles. The van der Waals surface area contributed by atoms with E-state index in [0.29, 0.717) is 12.8 Å². The highest BCUT2D eigenvalue weighted by atomic mass is 16.5. The molecule has 7 heteroatoms. The third-order valence-corrected chi connectivity index (χ3v) is 3.82. The number of methoxy groups -OCH3 is 1.